The molecule has 0 spiro atoms. The number of fused-ring (bicyclic) bond motifs is 1. The Hall–Kier alpha value is -3.84. The molecular weight excluding hydrogens is 523 g/mol. The van der Waals surface area contributed by atoms with Crippen molar-refractivity contribution in [2.75, 3.05) is 11.9 Å². The molecule has 202 valence electrons. The highest BCUT2D eigenvalue weighted by Crippen LogP contribution is 2.35. The number of ether oxygens (including phenoxy) is 2. The summed E-state index contributed by atoms with van der Waals surface area (Å²) in [5.41, 5.74) is 0.821. The monoisotopic (exact) mass is 548 g/mol. The fourth-order valence-corrected chi connectivity index (χ4v) is 4.22. The standard InChI is InChI=1S/C23H25FN6O7S/c1-5-13-7-6-8-14(9-13)28-19-17-20(26-11-25-19)30(12-27-17)21-16(24)18(31)15(36-21)10-35-38(33,34)29-22(32)37-23(2,3)4/h1,6-9,11-12,15-16,18,21,31H,10H2,2-4H3,(H,29,32)(H,25,26,28)/t15-,16+,18-,21-/m1/s1. The number of terminal acetylenes is 1. The molecule has 1 saturated heterocycles. The van der Waals surface area contributed by atoms with Gasteiger partial charge >= 0.3 is 16.4 Å². The summed E-state index contributed by atoms with van der Waals surface area (Å²) in [4.78, 5) is 24.3. The molecule has 3 N–H and O–H groups in total. The third kappa shape index (κ3) is 6.17. The van der Waals surface area contributed by atoms with E-state index in [1.165, 1.54) is 17.2 Å². The highest BCUT2D eigenvalue weighted by Gasteiger charge is 2.46. The Labute approximate surface area is 217 Å². The van der Waals surface area contributed by atoms with Gasteiger partial charge in [-0.1, -0.05) is 12.0 Å². The van der Waals surface area contributed by atoms with Crippen molar-refractivity contribution in [2.24, 2.45) is 0 Å². The van der Waals surface area contributed by atoms with Gasteiger partial charge in [-0.3, -0.25) is 8.75 Å². The van der Waals surface area contributed by atoms with Gasteiger partial charge in [-0.25, -0.2) is 24.1 Å². The molecular formula is C23H25FN6O7S. The summed E-state index contributed by atoms with van der Waals surface area (Å²) in [6.07, 6.45) is 0.150. The largest absolute Gasteiger partial charge is 0.443 e. The van der Waals surface area contributed by atoms with Gasteiger partial charge < -0.3 is 19.9 Å². The number of anilines is 2. The second-order valence-corrected chi connectivity index (χ2v) is 10.6. The van der Waals surface area contributed by atoms with Crippen molar-refractivity contribution in [1.29, 1.82) is 0 Å². The number of imidazole rings is 1. The Morgan fingerprint density at radius 3 is 2.79 bits per heavy atom. The molecule has 4 rings (SSSR count). The lowest BCUT2D eigenvalue weighted by molar-refractivity contribution is -0.0406. The van der Waals surface area contributed by atoms with Gasteiger partial charge in [-0.2, -0.15) is 13.1 Å². The highest BCUT2D eigenvalue weighted by atomic mass is 32.2. The minimum absolute atomic E-state index is 0.191. The lowest BCUT2D eigenvalue weighted by Crippen LogP contribution is -2.39. The predicted octanol–water partition coefficient (Wildman–Crippen LogP) is 1.93. The second kappa shape index (κ2) is 10.5. The lowest BCUT2D eigenvalue weighted by atomic mass is 10.1. The van der Waals surface area contributed by atoms with Crippen LogP contribution in [0, 0.1) is 12.3 Å². The Bertz CT molecular complexity index is 1480. The summed E-state index contributed by atoms with van der Waals surface area (Å²) >= 11 is 0. The van der Waals surface area contributed by atoms with Crippen LogP contribution in [-0.2, 0) is 24.0 Å². The van der Waals surface area contributed by atoms with Crippen molar-refractivity contribution in [1.82, 2.24) is 24.2 Å². The number of aliphatic hydroxyl groups is 1. The van der Waals surface area contributed by atoms with Gasteiger partial charge in [0.15, 0.2) is 29.4 Å². The number of rotatable bonds is 7. The maximum atomic E-state index is 15.1. The third-order valence-corrected chi connectivity index (χ3v) is 6.08. The Kier molecular flexibility index (Phi) is 7.51. The number of hydrogen-bond donors (Lipinski definition) is 3. The molecule has 3 heterocycles. The second-order valence-electron chi connectivity index (χ2n) is 9.24. The van der Waals surface area contributed by atoms with E-state index in [1.54, 1.807) is 49.8 Å². The number of amides is 1. The van der Waals surface area contributed by atoms with Crippen LogP contribution in [0.15, 0.2) is 36.9 Å². The Morgan fingerprint density at radius 2 is 2.08 bits per heavy atom. The lowest BCUT2D eigenvalue weighted by Gasteiger charge is -2.20. The number of carbonyl (C=O) groups excluding carboxylic acids is 1. The van der Waals surface area contributed by atoms with Crippen LogP contribution < -0.4 is 10.0 Å². The molecule has 1 aliphatic rings. The van der Waals surface area contributed by atoms with Crippen LogP contribution >= 0.6 is 0 Å². The molecule has 2 aromatic heterocycles. The smallest absolute Gasteiger partial charge is 0.423 e. The van der Waals surface area contributed by atoms with Crippen molar-refractivity contribution in [3.63, 3.8) is 0 Å². The molecule has 4 atom stereocenters. The van der Waals surface area contributed by atoms with Crippen molar-refractivity contribution >= 4 is 39.1 Å². The number of nitrogens with zero attached hydrogens (tertiary/aromatic N) is 4. The van der Waals surface area contributed by atoms with Gasteiger partial charge in [0, 0.05) is 11.3 Å². The molecule has 38 heavy (non-hydrogen) atoms. The molecule has 1 aromatic carbocycles. The topological polar surface area (TPSA) is 167 Å². The molecule has 0 bridgehead atoms. The Balaban J connectivity index is 1.47. The molecule has 1 amide bonds. The van der Waals surface area contributed by atoms with Crippen LogP contribution in [0.4, 0.5) is 20.7 Å². The van der Waals surface area contributed by atoms with Crippen LogP contribution in [0.25, 0.3) is 11.2 Å². The summed E-state index contributed by atoms with van der Waals surface area (Å²) in [5, 5.41) is 13.4. The summed E-state index contributed by atoms with van der Waals surface area (Å²) in [6.45, 7) is 3.86. The number of halogens is 1. The van der Waals surface area contributed by atoms with Gasteiger partial charge in [0.05, 0.1) is 12.9 Å². The number of aromatic nitrogens is 4. The molecule has 0 radical (unpaired) electrons. The van der Waals surface area contributed by atoms with Crippen molar-refractivity contribution in [3.8, 4) is 12.3 Å². The minimum Gasteiger partial charge on any atom is -0.443 e. The van der Waals surface area contributed by atoms with E-state index in [1.807, 2.05) is 0 Å². The average molecular weight is 549 g/mol. The van der Waals surface area contributed by atoms with Gasteiger partial charge in [0.25, 0.3) is 0 Å². The molecule has 0 unspecified atom stereocenters. The van der Waals surface area contributed by atoms with Crippen molar-refractivity contribution < 1.29 is 36.4 Å². The summed E-state index contributed by atoms with van der Waals surface area (Å²) in [7, 11) is -4.63. The molecule has 1 aliphatic heterocycles. The molecule has 13 nitrogen and oxygen atoms in total. The zero-order valence-corrected chi connectivity index (χ0v) is 21.3. The van der Waals surface area contributed by atoms with Gasteiger partial charge in [0.2, 0.25) is 0 Å². The van der Waals surface area contributed by atoms with E-state index in [4.69, 9.17) is 20.1 Å². The van der Waals surface area contributed by atoms with Gasteiger partial charge in [-0.15, -0.1) is 6.42 Å². The summed E-state index contributed by atoms with van der Waals surface area (Å²) in [5.74, 6) is 2.85. The quantitative estimate of drug-likeness (QED) is 0.369. The van der Waals surface area contributed by atoms with E-state index in [2.05, 4.69) is 26.2 Å². The first-order valence-corrected chi connectivity index (χ1v) is 12.7. The van der Waals surface area contributed by atoms with Crippen LogP contribution in [0.1, 0.15) is 32.6 Å². The molecule has 0 aliphatic carbocycles. The fraction of sp³-hybridized carbons (Fsp3) is 0.391. The van der Waals surface area contributed by atoms with Gasteiger partial charge in [-0.05, 0) is 39.0 Å². The maximum Gasteiger partial charge on any atom is 0.423 e. The summed E-state index contributed by atoms with van der Waals surface area (Å²) in [6, 6.07) is 7.03. The van der Waals surface area contributed by atoms with Gasteiger partial charge in [0.1, 0.15) is 24.1 Å². The normalized spacial score (nSPS) is 21.7. The molecule has 3 aromatic rings. The minimum atomic E-state index is -4.63. The third-order valence-electron chi connectivity index (χ3n) is 5.21. The number of benzene rings is 1. The fourth-order valence-electron chi connectivity index (χ4n) is 3.61. The summed E-state index contributed by atoms with van der Waals surface area (Å²) < 4.78 is 57.2. The Morgan fingerprint density at radius 1 is 1.32 bits per heavy atom. The zero-order valence-electron chi connectivity index (χ0n) is 20.5. The number of hydrogen-bond acceptors (Lipinski definition) is 11. The van der Waals surface area contributed by atoms with E-state index in [9.17, 15) is 18.3 Å². The first kappa shape index (κ1) is 27.2. The van der Waals surface area contributed by atoms with Crippen LogP contribution in [0.3, 0.4) is 0 Å². The van der Waals surface area contributed by atoms with Crippen LogP contribution in [-0.4, -0.2) is 69.7 Å². The van der Waals surface area contributed by atoms with E-state index < -0.39 is 53.2 Å². The molecule has 0 saturated carbocycles. The first-order valence-electron chi connectivity index (χ1n) is 11.3. The van der Waals surface area contributed by atoms with E-state index in [0.29, 0.717) is 17.1 Å². The zero-order chi connectivity index (χ0) is 27.7. The van der Waals surface area contributed by atoms with Crippen LogP contribution in [0.2, 0.25) is 0 Å². The van der Waals surface area contributed by atoms with Crippen LogP contribution in [0.5, 0.6) is 0 Å². The highest BCUT2D eigenvalue weighted by molar-refractivity contribution is 7.85. The molecule has 15 heteroatoms. The van der Waals surface area contributed by atoms with E-state index in [0.717, 1.165) is 0 Å². The number of aliphatic hydroxyl groups excluding tert-OH is 1. The van der Waals surface area contributed by atoms with Crippen molar-refractivity contribution in [2.45, 2.75) is 51.0 Å². The van der Waals surface area contributed by atoms with Crippen molar-refractivity contribution in [3.05, 3.63) is 42.5 Å². The van der Waals surface area contributed by atoms with E-state index in [-0.39, 0.29) is 11.2 Å². The van der Waals surface area contributed by atoms with E-state index >= 15 is 4.39 Å². The predicted molar refractivity (Wildman–Crippen MR) is 132 cm³/mol. The SMILES string of the molecule is C#Cc1cccc(Nc2ncnc3c2ncn3[C@@H]2O[C@H](COS(=O)(=O)NC(=O)OC(C)(C)C)[C@@H](O)[C@@H]2F)c1. The maximum absolute atomic E-state index is 15.1. The first-order chi connectivity index (χ1) is 17.9. The average Bonchev–Trinajstić information content (AvgIpc) is 3.38. The number of nitrogens with one attached hydrogen (secondary N) is 2. The number of carbonyl (C=O) groups is 1. The molecule has 1 fully saturated rings. The number of alkyl halides is 1.